The fraction of sp³-hybridized carbons (Fsp3) is 0.381. The van der Waals surface area contributed by atoms with Gasteiger partial charge in [0.2, 0.25) is 0 Å². The van der Waals surface area contributed by atoms with Crippen LogP contribution in [0.4, 0.5) is 4.39 Å². The molecule has 5 heteroatoms. The van der Waals surface area contributed by atoms with Gasteiger partial charge in [-0.2, -0.15) is 0 Å². The van der Waals surface area contributed by atoms with Gasteiger partial charge in [0.1, 0.15) is 11.6 Å². The summed E-state index contributed by atoms with van der Waals surface area (Å²) < 4.78 is 18.3. The highest BCUT2D eigenvalue weighted by Crippen LogP contribution is 2.20. The van der Waals surface area contributed by atoms with E-state index in [9.17, 15) is 9.18 Å². The molecule has 0 spiro atoms. The molecule has 1 N–H and O–H groups in total. The lowest BCUT2D eigenvalue weighted by Gasteiger charge is -2.38. The third-order valence-corrected chi connectivity index (χ3v) is 4.79. The van der Waals surface area contributed by atoms with Gasteiger partial charge >= 0.3 is 0 Å². The van der Waals surface area contributed by atoms with Crippen molar-refractivity contribution < 1.29 is 13.9 Å². The first-order valence-corrected chi connectivity index (χ1v) is 9.06. The van der Waals surface area contributed by atoms with Crippen molar-refractivity contribution in [3.63, 3.8) is 0 Å². The van der Waals surface area contributed by atoms with Crippen LogP contribution in [0.15, 0.2) is 54.6 Å². The summed E-state index contributed by atoms with van der Waals surface area (Å²) in [6.45, 7) is 4.05. The number of benzene rings is 2. The van der Waals surface area contributed by atoms with Crippen molar-refractivity contribution in [2.75, 3.05) is 13.2 Å². The lowest BCUT2D eigenvalue weighted by Crippen LogP contribution is -2.49. The Bertz CT molecular complexity index is 706. The summed E-state index contributed by atoms with van der Waals surface area (Å²) in [4.78, 5) is 14.6. The number of hydrogen-bond donors (Lipinski definition) is 1. The average Bonchev–Trinajstić information content (AvgIpc) is 2.64. The maximum Gasteiger partial charge on any atom is 0.258 e. The third kappa shape index (κ3) is 5.30. The molecule has 1 fully saturated rings. The second kappa shape index (κ2) is 8.81. The summed E-state index contributed by atoms with van der Waals surface area (Å²) in [6.07, 6.45) is 1.86. The summed E-state index contributed by atoms with van der Waals surface area (Å²) in [6, 6.07) is 16.7. The molecule has 138 valence electrons. The van der Waals surface area contributed by atoms with E-state index in [2.05, 4.69) is 41.4 Å². The number of piperidine rings is 1. The molecule has 1 amide bonds. The first kappa shape index (κ1) is 18.4. The Hall–Kier alpha value is -2.40. The SMILES string of the molecule is C[C@@H]1C[C@@H](NC(=O)COc2ccc(F)cc2)CCN1Cc1ccccc1. The maximum atomic E-state index is 12.9. The van der Waals surface area contributed by atoms with E-state index in [0.717, 1.165) is 25.9 Å². The van der Waals surface area contributed by atoms with Crippen LogP contribution in [0.25, 0.3) is 0 Å². The van der Waals surface area contributed by atoms with Crippen molar-refractivity contribution in [1.82, 2.24) is 10.2 Å². The minimum absolute atomic E-state index is 0.0513. The van der Waals surface area contributed by atoms with Crippen molar-refractivity contribution >= 4 is 5.91 Å². The van der Waals surface area contributed by atoms with Gasteiger partial charge in [-0.1, -0.05) is 30.3 Å². The zero-order valence-corrected chi connectivity index (χ0v) is 15.0. The molecule has 4 nitrogen and oxygen atoms in total. The largest absolute Gasteiger partial charge is 0.484 e. The Labute approximate surface area is 154 Å². The fourth-order valence-corrected chi connectivity index (χ4v) is 3.35. The number of carbonyl (C=O) groups excluding carboxylic acids is 1. The number of amides is 1. The molecular weight excluding hydrogens is 331 g/mol. The molecule has 0 radical (unpaired) electrons. The topological polar surface area (TPSA) is 41.6 Å². The number of likely N-dealkylation sites (tertiary alicyclic amines) is 1. The van der Waals surface area contributed by atoms with E-state index in [1.165, 1.54) is 29.8 Å². The predicted octanol–water partition coefficient (Wildman–Crippen LogP) is 3.37. The molecule has 0 aliphatic carbocycles. The average molecular weight is 356 g/mol. The zero-order chi connectivity index (χ0) is 18.4. The number of hydrogen-bond acceptors (Lipinski definition) is 3. The molecule has 26 heavy (non-hydrogen) atoms. The number of nitrogens with one attached hydrogen (secondary N) is 1. The summed E-state index contributed by atoms with van der Waals surface area (Å²) in [5.74, 6) is 0.0358. The van der Waals surface area contributed by atoms with Crippen molar-refractivity contribution in [2.45, 2.75) is 38.4 Å². The Morgan fingerprint density at radius 1 is 1.19 bits per heavy atom. The van der Waals surface area contributed by atoms with Gasteiger partial charge in [-0.15, -0.1) is 0 Å². The Kier molecular flexibility index (Phi) is 6.23. The third-order valence-electron chi connectivity index (χ3n) is 4.79. The second-order valence-electron chi connectivity index (χ2n) is 6.84. The molecule has 2 atom stereocenters. The molecule has 2 aromatic carbocycles. The van der Waals surface area contributed by atoms with Crippen LogP contribution in [0.3, 0.4) is 0 Å². The highest BCUT2D eigenvalue weighted by Gasteiger charge is 2.26. The van der Waals surface area contributed by atoms with Crippen LogP contribution >= 0.6 is 0 Å². The summed E-state index contributed by atoms with van der Waals surface area (Å²) >= 11 is 0. The van der Waals surface area contributed by atoms with Crippen molar-refractivity contribution in [3.8, 4) is 5.75 Å². The summed E-state index contributed by atoms with van der Waals surface area (Å²) in [5, 5.41) is 3.05. The van der Waals surface area contributed by atoms with E-state index in [4.69, 9.17) is 4.74 Å². The van der Waals surface area contributed by atoms with E-state index >= 15 is 0 Å². The van der Waals surface area contributed by atoms with Gasteiger partial charge in [-0.05, 0) is 49.6 Å². The van der Waals surface area contributed by atoms with E-state index in [1.54, 1.807) is 0 Å². The molecule has 0 unspecified atom stereocenters. The standard InChI is InChI=1S/C21H25FN2O2/c1-16-13-19(11-12-24(16)14-17-5-3-2-4-6-17)23-21(25)15-26-20-9-7-18(22)8-10-20/h2-10,16,19H,11-15H2,1H3,(H,23,25)/t16-,19+/m1/s1. The minimum Gasteiger partial charge on any atom is -0.484 e. The minimum atomic E-state index is -0.321. The molecule has 1 saturated heterocycles. The molecule has 1 heterocycles. The van der Waals surface area contributed by atoms with Crippen LogP contribution in [0, 0.1) is 5.82 Å². The molecular formula is C21H25FN2O2. The van der Waals surface area contributed by atoms with E-state index in [-0.39, 0.29) is 24.4 Å². The predicted molar refractivity (Wildman–Crippen MR) is 99.4 cm³/mol. The number of halogens is 1. The Morgan fingerprint density at radius 3 is 2.62 bits per heavy atom. The van der Waals surface area contributed by atoms with Crippen molar-refractivity contribution in [1.29, 1.82) is 0 Å². The zero-order valence-electron chi connectivity index (χ0n) is 15.0. The number of rotatable bonds is 6. The Morgan fingerprint density at radius 2 is 1.92 bits per heavy atom. The fourth-order valence-electron chi connectivity index (χ4n) is 3.35. The van der Waals surface area contributed by atoms with Gasteiger partial charge in [-0.25, -0.2) is 4.39 Å². The number of ether oxygens (including phenoxy) is 1. The van der Waals surface area contributed by atoms with Gasteiger partial charge in [0.25, 0.3) is 5.91 Å². The molecule has 2 aromatic rings. The van der Waals surface area contributed by atoms with Crippen LogP contribution in [0.5, 0.6) is 5.75 Å². The van der Waals surface area contributed by atoms with Crippen LogP contribution in [-0.2, 0) is 11.3 Å². The maximum absolute atomic E-state index is 12.9. The molecule has 3 rings (SSSR count). The summed E-state index contributed by atoms with van der Waals surface area (Å²) in [7, 11) is 0. The van der Waals surface area contributed by atoms with Crippen molar-refractivity contribution in [2.24, 2.45) is 0 Å². The summed E-state index contributed by atoms with van der Waals surface area (Å²) in [5.41, 5.74) is 1.31. The molecule has 0 saturated carbocycles. The normalized spacial score (nSPS) is 20.5. The van der Waals surface area contributed by atoms with Crippen molar-refractivity contribution in [3.05, 3.63) is 66.0 Å². The van der Waals surface area contributed by atoms with Gasteiger partial charge in [0.05, 0.1) is 0 Å². The Balaban J connectivity index is 1.42. The second-order valence-corrected chi connectivity index (χ2v) is 6.84. The highest BCUT2D eigenvalue weighted by molar-refractivity contribution is 5.77. The lowest BCUT2D eigenvalue weighted by molar-refractivity contribution is -0.124. The van der Waals surface area contributed by atoms with Crippen LogP contribution in [0.1, 0.15) is 25.3 Å². The molecule has 1 aliphatic heterocycles. The van der Waals surface area contributed by atoms with E-state index in [0.29, 0.717) is 11.8 Å². The van der Waals surface area contributed by atoms with E-state index in [1.807, 2.05) is 6.07 Å². The molecule has 0 bridgehead atoms. The molecule has 1 aliphatic rings. The van der Waals surface area contributed by atoms with Gasteiger partial charge in [0.15, 0.2) is 6.61 Å². The van der Waals surface area contributed by atoms with Crippen LogP contribution in [-0.4, -0.2) is 36.0 Å². The smallest absolute Gasteiger partial charge is 0.258 e. The number of nitrogens with zero attached hydrogens (tertiary/aromatic N) is 1. The first-order chi connectivity index (χ1) is 12.6. The van der Waals surface area contributed by atoms with Crippen LogP contribution in [0.2, 0.25) is 0 Å². The quantitative estimate of drug-likeness (QED) is 0.863. The first-order valence-electron chi connectivity index (χ1n) is 9.06. The van der Waals surface area contributed by atoms with E-state index < -0.39 is 0 Å². The lowest BCUT2D eigenvalue weighted by atomic mass is 9.97. The number of carbonyl (C=O) groups is 1. The van der Waals surface area contributed by atoms with Gasteiger partial charge in [-0.3, -0.25) is 9.69 Å². The molecule has 0 aromatic heterocycles. The highest BCUT2D eigenvalue weighted by atomic mass is 19.1. The van der Waals surface area contributed by atoms with Crippen LogP contribution < -0.4 is 10.1 Å². The monoisotopic (exact) mass is 356 g/mol. The van der Waals surface area contributed by atoms with Gasteiger partial charge in [0, 0.05) is 25.2 Å². The van der Waals surface area contributed by atoms with Gasteiger partial charge < -0.3 is 10.1 Å².